The fraction of sp³-hybridized carbons (Fsp3) is 1.00. The van der Waals surface area contributed by atoms with Crippen LogP contribution in [0.25, 0.3) is 0 Å². The van der Waals surface area contributed by atoms with E-state index in [-0.39, 0.29) is 13.2 Å². The smallest absolute Gasteiger partial charge is 0.506 e. The second kappa shape index (κ2) is 8.96. The predicted molar refractivity (Wildman–Crippen MR) is 48.5 cm³/mol. The molecule has 0 aromatic heterocycles. The lowest BCUT2D eigenvalue weighted by Crippen LogP contribution is -2.23. The summed E-state index contributed by atoms with van der Waals surface area (Å²) in [6.07, 6.45) is 0. The number of halogens is 3. The van der Waals surface area contributed by atoms with Crippen LogP contribution in [0.3, 0.4) is 0 Å². The lowest BCUT2D eigenvalue weighted by molar-refractivity contribution is 0.0126. The minimum absolute atomic E-state index is 0.0884. The molecule has 4 nitrogen and oxygen atoms in total. The molecule has 0 aliphatic carbocycles. The molecule has 0 radical (unpaired) electrons. The van der Waals surface area contributed by atoms with Crippen LogP contribution in [0.2, 0.25) is 0 Å². The van der Waals surface area contributed by atoms with Gasteiger partial charge in [0.15, 0.2) is 0 Å². The number of hydrogen-bond acceptors (Lipinski definition) is 4. The van der Waals surface area contributed by atoms with Gasteiger partial charge in [-0.3, -0.25) is 0 Å². The summed E-state index contributed by atoms with van der Waals surface area (Å²) >= 11 is 0. The zero-order valence-corrected chi connectivity index (χ0v) is 8.59. The van der Waals surface area contributed by atoms with Gasteiger partial charge in [-0.05, 0) is 0 Å². The normalized spacial score (nSPS) is 12.0. The van der Waals surface area contributed by atoms with Crippen molar-refractivity contribution in [3.63, 3.8) is 0 Å². The van der Waals surface area contributed by atoms with Gasteiger partial charge in [-0.2, -0.15) is 0 Å². The van der Waals surface area contributed by atoms with Gasteiger partial charge in [0, 0.05) is 13.7 Å². The zero-order chi connectivity index (χ0) is 11.6. The van der Waals surface area contributed by atoms with Crippen LogP contribution in [0.1, 0.15) is 0 Å². The maximum atomic E-state index is 11.5. The fourth-order valence-electron chi connectivity index (χ4n) is 0.705. The first kappa shape index (κ1) is 14.7. The summed E-state index contributed by atoms with van der Waals surface area (Å²) in [5.41, 5.74) is 0. The molecule has 0 rings (SSSR count). The Labute approximate surface area is 86.7 Å². The van der Waals surface area contributed by atoms with E-state index in [0.717, 1.165) is 0 Å². The van der Waals surface area contributed by atoms with E-state index in [1.54, 1.807) is 7.11 Å². The second-order valence-electron chi connectivity index (χ2n) is 2.60. The third-order valence-electron chi connectivity index (χ3n) is 1.34. The van der Waals surface area contributed by atoms with Gasteiger partial charge in [-0.1, -0.05) is 0 Å². The number of methoxy groups -OCH3 is 1. The summed E-state index contributed by atoms with van der Waals surface area (Å²) in [6, 6.07) is 0. The number of ether oxygens (including phenoxy) is 3. The molecule has 0 fully saturated rings. The van der Waals surface area contributed by atoms with Crippen LogP contribution >= 0.6 is 0 Å². The van der Waals surface area contributed by atoms with Crippen molar-refractivity contribution in [2.75, 3.05) is 46.8 Å². The molecular weight excluding hydrogens is 216 g/mol. The molecule has 0 saturated carbocycles. The zero-order valence-electron chi connectivity index (χ0n) is 8.59. The van der Waals surface area contributed by atoms with Crippen LogP contribution < -0.4 is 0 Å². The maximum absolute atomic E-state index is 11.5. The molecule has 15 heavy (non-hydrogen) atoms. The van der Waals surface area contributed by atoms with Crippen molar-refractivity contribution in [1.29, 1.82) is 0 Å². The molecule has 0 amide bonds. The summed E-state index contributed by atoms with van der Waals surface area (Å²) in [7, 11) is -3.61. The van der Waals surface area contributed by atoms with E-state index in [0.29, 0.717) is 19.8 Å². The number of hydrogen-bond donors (Lipinski definition) is 0. The second-order valence-corrected chi connectivity index (χ2v) is 2.60. The molecule has 0 saturated heterocycles. The Morgan fingerprint density at radius 2 is 1.27 bits per heavy atom. The average Bonchev–Trinajstić information content (AvgIpc) is 2.14. The first-order chi connectivity index (χ1) is 7.06. The molecule has 0 aliphatic heterocycles. The highest BCUT2D eigenvalue weighted by Gasteiger charge is 2.24. The van der Waals surface area contributed by atoms with Crippen molar-refractivity contribution in [1.82, 2.24) is 0 Å². The van der Waals surface area contributed by atoms with E-state index in [9.17, 15) is 12.9 Å². The molecule has 0 heterocycles. The quantitative estimate of drug-likeness (QED) is 0.415. The Bertz CT molecular complexity index is 145. The van der Waals surface area contributed by atoms with Crippen LogP contribution in [-0.4, -0.2) is 53.9 Å². The standard InChI is InChI=1S/C7H15BF3O4/c1-12-2-3-13-4-5-14-6-7-15-8(9,10)11/h2-7H2,1H3/q-1. The molecule has 0 N–H and O–H groups in total. The van der Waals surface area contributed by atoms with E-state index < -0.39 is 13.8 Å². The monoisotopic (exact) mass is 231 g/mol. The van der Waals surface area contributed by atoms with Crippen LogP contribution in [0.5, 0.6) is 0 Å². The van der Waals surface area contributed by atoms with Crippen molar-refractivity contribution in [2.45, 2.75) is 0 Å². The van der Waals surface area contributed by atoms with Crippen molar-refractivity contribution in [3.05, 3.63) is 0 Å². The van der Waals surface area contributed by atoms with E-state index in [1.165, 1.54) is 0 Å². The Hall–Kier alpha value is -0.305. The summed E-state index contributed by atoms with van der Waals surface area (Å²) in [6.45, 7) is 0.955. The number of rotatable bonds is 10. The van der Waals surface area contributed by atoms with E-state index >= 15 is 0 Å². The SMILES string of the molecule is COCCOCCOCCO[B-](F)(F)F. The summed E-state index contributed by atoms with van der Waals surface area (Å²) < 4.78 is 52.7. The highest BCUT2D eigenvalue weighted by molar-refractivity contribution is 6.51. The molecule has 92 valence electrons. The van der Waals surface area contributed by atoms with Gasteiger partial charge in [-0.15, -0.1) is 0 Å². The van der Waals surface area contributed by atoms with Crippen molar-refractivity contribution < 1.29 is 31.8 Å². The van der Waals surface area contributed by atoms with Gasteiger partial charge in [0.05, 0.1) is 33.0 Å². The summed E-state index contributed by atoms with van der Waals surface area (Å²) in [5.74, 6) is 0. The van der Waals surface area contributed by atoms with Gasteiger partial charge in [0.2, 0.25) is 0 Å². The highest BCUT2D eigenvalue weighted by Crippen LogP contribution is 2.08. The minimum atomic E-state index is -5.16. The van der Waals surface area contributed by atoms with E-state index in [2.05, 4.69) is 4.65 Å². The fourth-order valence-corrected chi connectivity index (χ4v) is 0.705. The third-order valence-corrected chi connectivity index (χ3v) is 1.34. The highest BCUT2D eigenvalue weighted by atomic mass is 19.4. The Kier molecular flexibility index (Phi) is 8.78. The molecule has 0 aliphatic rings. The van der Waals surface area contributed by atoms with E-state index in [4.69, 9.17) is 14.2 Å². The van der Waals surface area contributed by atoms with E-state index in [1.807, 2.05) is 0 Å². The molecule has 0 aromatic carbocycles. The van der Waals surface area contributed by atoms with Gasteiger partial charge in [-0.25, -0.2) is 0 Å². The van der Waals surface area contributed by atoms with Crippen LogP contribution in [-0.2, 0) is 18.9 Å². The molecule has 0 aromatic rings. The summed E-state index contributed by atoms with van der Waals surface area (Å²) in [5, 5.41) is 0. The molecule has 0 atom stereocenters. The van der Waals surface area contributed by atoms with Crippen LogP contribution in [0, 0.1) is 0 Å². The van der Waals surface area contributed by atoms with Gasteiger partial charge in [0.1, 0.15) is 0 Å². The van der Waals surface area contributed by atoms with Gasteiger partial charge >= 0.3 is 7.18 Å². The van der Waals surface area contributed by atoms with Crippen molar-refractivity contribution in [2.24, 2.45) is 0 Å². The minimum Gasteiger partial charge on any atom is -0.506 e. The first-order valence-corrected chi connectivity index (χ1v) is 4.53. The van der Waals surface area contributed by atoms with Crippen molar-refractivity contribution >= 4 is 7.18 Å². The molecular formula is C7H15BF3O4-. The Morgan fingerprint density at radius 3 is 1.73 bits per heavy atom. The predicted octanol–water partition coefficient (Wildman–Crippen LogP) is 1.03. The largest absolute Gasteiger partial charge is 0.637 e. The van der Waals surface area contributed by atoms with Crippen molar-refractivity contribution in [3.8, 4) is 0 Å². The molecule has 0 spiro atoms. The molecule has 8 heteroatoms. The lowest BCUT2D eigenvalue weighted by Gasteiger charge is -2.15. The topological polar surface area (TPSA) is 36.9 Å². The average molecular weight is 231 g/mol. The van der Waals surface area contributed by atoms with Crippen LogP contribution in [0.15, 0.2) is 0 Å². The first-order valence-electron chi connectivity index (χ1n) is 4.53. The lowest BCUT2D eigenvalue weighted by atomic mass is 10.3. The molecule has 0 bridgehead atoms. The Balaban J connectivity index is 2.99. The third kappa shape index (κ3) is 13.7. The Morgan fingerprint density at radius 1 is 0.800 bits per heavy atom. The van der Waals surface area contributed by atoms with Crippen LogP contribution in [0.4, 0.5) is 12.9 Å². The molecule has 0 unspecified atom stereocenters. The summed E-state index contributed by atoms with van der Waals surface area (Å²) in [4.78, 5) is 0. The maximum Gasteiger partial charge on any atom is 0.637 e. The van der Waals surface area contributed by atoms with Gasteiger partial charge < -0.3 is 31.8 Å². The van der Waals surface area contributed by atoms with Gasteiger partial charge in [0.25, 0.3) is 0 Å².